The molecule has 1 saturated heterocycles. The third-order valence-electron chi connectivity index (χ3n) is 7.30. The quantitative estimate of drug-likeness (QED) is 0.700. The van der Waals surface area contributed by atoms with Gasteiger partial charge in [0, 0.05) is 22.6 Å². The number of carbonyl (C=O) groups excluding carboxylic acids is 1. The molecule has 1 aliphatic heterocycles. The topological polar surface area (TPSA) is 105 Å². The number of likely N-dealkylation sites (tertiary alicyclic amines) is 1. The smallest absolute Gasteiger partial charge is 0.408 e. The van der Waals surface area contributed by atoms with E-state index in [-0.39, 0.29) is 23.8 Å². The van der Waals surface area contributed by atoms with E-state index in [4.69, 9.17) is 0 Å². The van der Waals surface area contributed by atoms with Gasteiger partial charge in [0.15, 0.2) is 0 Å². The van der Waals surface area contributed by atoms with E-state index in [1.165, 1.54) is 4.90 Å². The molecule has 0 aromatic heterocycles. The Hall–Kier alpha value is -1.46. The van der Waals surface area contributed by atoms with E-state index in [1.807, 2.05) is 0 Å². The number of aliphatic hydroxyl groups is 1. The lowest BCUT2D eigenvalue weighted by Crippen LogP contribution is -2.66. The standard InChI is InChI=1S/C20H29N3O4S/c21-11-16-2-1-3-22(16)17(25)12-23(18(26)27)19-7-14-6-15(8-19)10-20(9-14,13-19)28-5-4-24/h14-16,24H,1-10,12-13H2,(H,26,27)/t14?,15?,16-,19?,20?/m0/s1. The summed E-state index contributed by atoms with van der Waals surface area (Å²) in [4.78, 5) is 28.2. The Bertz CT molecular complexity index is 679. The summed E-state index contributed by atoms with van der Waals surface area (Å²) in [5.41, 5.74) is -0.476. The maximum atomic E-state index is 12.9. The van der Waals surface area contributed by atoms with Crippen LogP contribution in [0.1, 0.15) is 51.4 Å². The van der Waals surface area contributed by atoms with E-state index >= 15 is 0 Å². The van der Waals surface area contributed by atoms with Crippen LogP contribution < -0.4 is 0 Å². The number of rotatable bonds is 6. The van der Waals surface area contributed by atoms with Crippen LogP contribution in [0, 0.1) is 23.2 Å². The normalized spacial score (nSPS) is 38.4. The summed E-state index contributed by atoms with van der Waals surface area (Å²) in [6, 6.07) is 1.75. The second-order valence-corrected chi connectivity index (χ2v) is 10.7. The summed E-state index contributed by atoms with van der Waals surface area (Å²) in [5.74, 6) is 1.45. The van der Waals surface area contributed by atoms with Gasteiger partial charge >= 0.3 is 6.09 Å². The average molecular weight is 408 g/mol. The molecule has 8 heteroatoms. The number of amides is 2. The van der Waals surface area contributed by atoms with E-state index in [0.29, 0.717) is 30.6 Å². The highest BCUT2D eigenvalue weighted by atomic mass is 32.2. The Morgan fingerprint density at radius 1 is 1.25 bits per heavy atom. The maximum absolute atomic E-state index is 12.9. The summed E-state index contributed by atoms with van der Waals surface area (Å²) in [6.45, 7) is 0.535. The fourth-order valence-electron chi connectivity index (χ4n) is 6.74. The number of nitrogens with zero attached hydrogens (tertiary/aromatic N) is 3. The van der Waals surface area contributed by atoms with Crippen LogP contribution in [0.25, 0.3) is 0 Å². The third kappa shape index (κ3) is 3.37. The predicted molar refractivity (Wildman–Crippen MR) is 105 cm³/mol. The predicted octanol–water partition coefficient (Wildman–Crippen LogP) is 2.30. The molecular weight excluding hydrogens is 378 g/mol. The first kappa shape index (κ1) is 19.8. The molecule has 5 fully saturated rings. The monoisotopic (exact) mass is 407 g/mol. The van der Waals surface area contributed by atoms with Crippen LogP contribution in [0.15, 0.2) is 0 Å². The Balaban J connectivity index is 1.56. The fraction of sp³-hybridized carbons (Fsp3) is 0.850. The van der Waals surface area contributed by atoms with Crippen LogP contribution in [0.4, 0.5) is 4.79 Å². The lowest BCUT2D eigenvalue weighted by molar-refractivity contribution is -0.136. The van der Waals surface area contributed by atoms with Crippen molar-refractivity contribution in [3.05, 3.63) is 0 Å². The molecule has 3 atom stereocenters. The molecule has 0 aromatic rings. The molecular formula is C20H29N3O4S. The van der Waals surface area contributed by atoms with Crippen molar-refractivity contribution in [2.24, 2.45) is 11.8 Å². The molecule has 2 amide bonds. The van der Waals surface area contributed by atoms with Gasteiger partial charge in [0.2, 0.25) is 5.91 Å². The third-order valence-corrected chi connectivity index (χ3v) is 8.77. The van der Waals surface area contributed by atoms with Crippen LogP contribution in [0.2, 0.25) is 0 Å². The van der Waals surface area contributed by atoms with Crippen molar-refractivity contribution in [3.8, 4) is 6.07 Å². The molecule has 5 rings (SSSR count). The van der Waals surface area contributed by atoms with Crippen molar-refractivity contribution in [1.29, 1.82) is 5.26 Å². The number of hydrogen-bond donors (Lipinski definition) is 2. The zero-order chi connectivity index (χ0) is 19.9. The zero-order valence-electron chi connectivity index (χ0n) is 16.2. The van der Waals surface area contributed by atoms with Gasteiger partial charge in [-0.15, -0.1) is 0 Å². The minimum Gasteiger partial charge on any atom is -0.465 e. The van der Waals surface area contributed by atoms with Gasteiger partial charge in [-0.25, -0.2) is 4.79 Å². The first-order valence-electron chi connectivity index (χ1n) is 10.3. The maximum Gasteiger partial charge on any atom is 0.408 e. The number of carbonyl (C=O) groups is 2. The second-order valence-electron chi connectivity index (χ2n) is 9.18. The summed E-state index contributed by atoms with van der Waals surface area (Å²) in [7, 11) is 0. The largest absolute Gasteiger partial charge is 0.465 e. The van der Waals surface area contributed by atoms with E-state index in [9.17, 15) is 25.1 Å². The molecule has 0 aromatic carbocycles. The van der Waals surface area contributed by atoms with Gasteiger partial charge in [0.25, 0.3) is 0 Å². The molecule has 1 heterocycles. The zero-order valence-corrected chi connectivity index (χ0v) is 17.0. The highest BCUT2D eigenvalue weighted by molar-refractivity contribution is 8.00. The van der Waals surface area contributed by atoms with Crippen molar-refractivity contribution in [1.82, 2.24) is 9.80 Å². The molecule has 154 valence electrons. The van der Waals surface area contributed by atoms with Crippen molar-refractivity contribution in [2.45, 2.75) is 67.7 Å². The molecule has 0 radical (unpaired) electrons. The number of thioether (sulfide) groups is 1. The highest BCUT2D eigenvalue weighted by Gasteiger charge is 2.61. The van der Waals surface area contributed by atoms with Gasteiger partial charge in [-0.05, 0) is 63.2 Å². The summed E-state index contributed by atoms with van der Waals surface area (Å²) < 4.78 is 0.0341. The number of nitriles is 1. The van der Waals surface area contributed by atoms with E-state index in [2.05, 4.69) is 6.07 Å². The van der Waals surface area contributed by atoms with Crippen LogP contribution in [0.3, 0.4) is 0 Å². The van der Waals surface area contributed by atoms with Gasteiger partial charge in [-0.1, -0.05) is 0 Å². The lowest BCUT2D eigenvalue weighted by Gasteiger charge is -2.64. The van der Waals surface area contributed by atoms with Crippen molar-refractivity contribution >= 4 is 23.8 Å². The van der Waals surface area contributed by atoms with E-state index in [1.54, 1.807) is 16.7 Å². The minimum absolute atomic E-state index is 0.0341. The molecule has 7 nitrogen and oxygen atoms in total. The van der Waals surface area contributed by atoms with E-state index in [0.717, 1.165) is 44.9 Å². The van der Waals surface area contributed by atoms with Gasteiger partial charge in [-0.2, -0.15) is 17.0 Å². The van der Waals surface area contributed by atoms with Crippen molar-refractivity contribution < 1.29 is 19.8 Å². The Morgan fingerprint density at radius 3 is 2.57 bits per heavy atom. The lowest BCUT2D eigenvalue weighted by atomic mass is 9.52. The molecule has 0 spiro atoms. The van der Waals surface area contributed by atoms with Gasteiger partial charge in [0.1, 0.15) is 12.6 Å². The van der Waals surface area contributed by atoms with Crippen LogP contribution in [-0.2, 0) is 4.79 Å². The molecule has 2 N–H and O–H groups in total. The van der Waals surface area contributed by atoms with Crippen LogP contribution >= 0.6 is 11.8 Å². The second kappa shape index (κ2) is 7.42. The molecule has 4 aliphatic carbocycles. The SMILES string of the molecule is N#C[C@@H]1CCCN1C(=O)CN(C(=O)O)C12CC3CC(CC(SCCO)(C3)C1)C2. The van der Waals surface area contributed by atoms with Crippen LogP contribution in [-0.4, -0.2) is 73.8 Å². The van der Waals surface area contributed by atoms with E-state index < -0.39 is 17.7 Å². The minimum atomic E-state index is -1.02. The summed E-state index contributed by atoms with van der Waals surface area (Å²) in [6.07, 6.45) is 6.26. The number of aliphatic hydroxyl groups excluding tert-OH is 1. The molecule has 4 saturated carbocycles. The molecule has 4 bridgehead atoms. The van der Waals surface area contributed by atoms with Crippen molar-refractivity contribution in [2.75, 3.05) is 25.4 Å². The first-order chi connectivity index (χ1) is 13.4. The van der Waals surface area contributed by atoms with Crippen LogP contribution in [0.5, 0.6) is 0 Å². The van der Waals surface area contributed by atoms with Gasteiger partial charge in [-0.3, -0.25) is 9.69 Å². The van der Waals surface area contributed by atoms with Gasteiger partial charge < -0.3 is 15.1 Å². The first-order valence-corrected chi connectivity index (χ1v) is 11.3. The molecule has 2 unspecified atom stereocenters. The van der Waals surface area contributed by atoms with Gasteiger partial charge in [0.05, 0.1) is 12.7 Å². The molecule has 5 aliphatic rings. The Kier molecular flexibility index (Phi) is 5.25. The molecule has 28 heavy (non-hydrogen) atoms. The van der Waals surface area contributed by atoms with Crippen molar-refractivity contribution in [3.63, 3.8) is 0 Å². The fourth-order valence-corrected chi connectivity index (χ4v) is 8.34. The Labute approximate surface area is 170 Å². The average Bonchev–Trinajstić information content (AvgIpc) is 3.11. The summed E-state index contributed by atoms with van der Waals surface area (Å²) >= 11 is 1.80. The summed E-state index contributed by atoms with van der Waals surface area (Å²) in [5, 5.41) is 28.6. The number of hydrogen-bond acceptors (Lipinski definition) is 5. The highest BCUT2D eigenvalue weighted by Crippen LogP contribution is 2.63. The number of carboxylic acid groups (broad SMARTS) is 1. The Morgan fingerprint density at radius 2 is 1.96 bits per heavy atom.